The van der Waals surface area contributed by atoms with Gasteiger partial charge in [0.1, 0.15) is 6.61 Å². The van der Waals surface area contributed by atoms with Gasteiger partial charge in [-0.2, -0.15) is 0 Å². The second kappa shape index (κ2) is 6.11. The lowest BCUT2D eigenvalue weighted by Crippen LogP contribution is -2.33. The van der Waals surface area contributed by atoms with Crippen molar-refractivity contribution < 1.29 is 14.3 Å². The van der Waals surface area contributed by atoms with Crippen LogP contribution in [0.5, 0.6) is 0 Å². The van der Waals surface area contributed by atoms with Crippen LogP contribution < -0.4 is 4.90 Å². The van der Waals surface area contributed by atoms with E-state index in [-0.39, 0.29) is 12.0 Å². The lowest BCUT2D eigenvalue weighted by molar-refractivity contribution is 0.0759. The molecule has 0 aromatic heterocycles. The van der Waals surface area contributed by atoms with E-state index in [1.54, 1.807) is 4.90 Å². The number of carbonyl (C=O) groups is 2. The summed E-state index contributed by atoms with van der Waals surface area (Å²) in [6.07, 6.45) is 7.26. The van der Waals surface area contributed by atoms with E-state index < -0.39 is 0 Å². The standard InChI is InChI=1S/C19H24N2O3/c22-17(20-10-9-19(14-20)7-2-1-3-8-19)15-5-4-6-16(13-15)21-11-12-24-18(21)23/h4-6,13H,1-3,7-12,14H2. The van der Waals surface area contributed by atoms with Crippen LogP contribution in [0.25, 0.3) is 0 Å². The van der Waals surface area contributed by atoms with Crippen molar-refractivity contribution in [1.29, 1.82) is 0 Å². The van der Waals surface area contributed by atoms with E-state index in [1.165, 1.54) is 32.1 Å². The van der Waals surface area contributed by atoms with Crippen LogP contribution in [-0.2, 0) is 4.74 Å². The second-order valence-electron chi connectivity index (χ2n) is 7.35. The number of carbonyl (C=O) groups excluding carboxylic acids is 2. The van der Waals surface area contributed by atoms with E-state index >= 15 is 0 Å². The Kier molecular flexibility index (Phi) is 3.94. The van der Waals surface area contributed by atoms with Gasteiger partial charge in [-0.05, 0) is 42.9 Å². The molecule has 0 unspecified atom stereocenters. The summed E-state index contributed by atoms with van der Waals surface area (Å²) in [5.74, 6) is 0.0897. The van der Waals surface area contributed by atoms with Crippen molar-refractivity contribution in [3.63, 3.8) is 0 Å². The molecule has 2 aliphatic heterocycles. The van der Waals surface area contributed by atoms with Gasteiger partial charge in [-0.15, -0.1) is 0 Å². The molecule has 1 saturated carbocycles. The number of anilines is 1. The van der Waals surface area contributed by atoms with Gasteiger partial charge >= 0.3 is 6.09 Å². The van der Waals surface area contributed by atoms with Gasteiger partial charge in [0, 0.05) is 24.3 Å². The highest BCUT2D eigenvalue weighted by Gasteiger charge is 2.40. The van der Waals surface area contributed by atoms with E-state index in [0.29, 0.717) is 24.1 Å². The molecule has 5 heteroatoms. The van der Waals surface area contributed by atoms with Crippen molar-refractivity contribution in [2.45, 2.75) is 38.5 Å². The Bertz CT molecular complexity index is 652. The minimum atomic E-state index is -0.332. The zero-order valence-corrected chi connectivity index (χ0v) is 14.0. The molecule has 1 aliphatic carbocycles. The zero-order valence-electron chi connectivity index (χ0n) is 14.0. The number of rotatable bonds is 2. The summed E-state index contributed by atoms with van der Waals surface area (Å²) >= 11 is 0. The normalized spacial score (nSPS) is 22.9. The minimum Gasteiger partial charge on any atom is -0.447 e. The maximum atomic E-state index is 12.9. The molecule has 4 rings (SSSR count). The van der Waals surface area contributed by atoms with Gasteiger partial charge in [0.2, 0.25) is 0 Å². The summed E-state index contributed by atoms with van der Waals surface area (Å²) in [7, 11) is 0. The fraction of sp³-hybridized carbons (Fsp3) is 0.579. The van der Waals surface area contributed by atoms with Crippen molar-refractivity contribution in [3.8, 4) is 0 Å². The number of ether oxygens (including phenoxy) is 1. The van der Waals surface area contributed by atoms with Gasteiger partial charge in [-0.1, -0.05) is 25.3 Å². The van der Waals surface area contributed by atoms with Crippen LogP contribution >= 0.6 is 0 Å². The predicted octanol–water partition coefficient (Wildman–Crippen LogP) is 3.44. The van der Waals surface area contributed by atoms with Gasteiger partial charge in [-0.25, -0.2) is 4.79 Å². The summed E-state index contributed by atoms with van der Waals surface area (Å²) in [4.78, 5) is 28.2. The molecule has 2 saturated heterocycles. The molecule has 24 heavy (non-hydrogen) atoms. The summed E-state index contributed by atoms with van der Waals surface area (Å²) in [5.41, 5.74) is 1.78. The van der Waals surface area contributed by atoms with Crippen molar-refractivity contribution in [2.24, 2.45) is 5.41 Å². The second-order valence-corrected chi connectivity index (χ2v) is 7.35. The van der Waals surface area contributed by atoms with Crippen LogP contribution in [0.1, 0.15) is 48.9 Å². The van der Waals surface area contributed by atoms with E-state index in [0.717, 1.165) is 25.2 Å². The number of likely N-dealkylation sites (tertiary alicyclic amines) is 1. The summed E-state index contributed by atoms with van der Waals surface area (Å²) < 4.78 is 4.99. The van der Waals surface area contributed by atoms with Gasteiger partial charge in [0.05, 0.1) is 6.54 Å². The highest BCUT2D eigenvalue weighted by Crippen LogP contribution is 2.44. The Hall–Kier alpha value is -2.04. The monoisotopic (exact) mass is 328 g/mol. The summed E-state index contributed by atoms with van der Waals surface area (Å²) in [6.45, 7) is 2.70. The number of benzene rings is 1. The molecule has 0 bridgehead atoms. The number of cyclic esters (lactones) is 1. The third-order valence-electron chi connectivity index (χ3n) is 5.81. The molecule has 2 amide bonds. The van der Waals surface area contributed by atoms with Gasteiger partial charge in [-0.3, -0.25) is 9.69 Å². The average Bonchev–Trinajstić information content (AvgIpc) is 3.22. The van der Waals surface area contributed by atoms with Crippen LogP contribution in [0.15, 0.2) is 24.3 Å². The molecule has 3 fully saturated rings. The maximum Gasteiger partial charge on any atom is 0.414 e. The highest BCUT2D eigenvalue weighted by molar-refractivity contribution is 5.97. The first-order valence-electron chi connectivity index (χ1n) is 9.01. The number of amides is 2. The fourth-order valence-corrected chi connectivity index (χ4v) is 4.44. The Labute approximate surface area is 142 Å². The van der Waals surface area contributed by atoms with E-state index in [1.807, 2.05) is 29.2 Å². The van der Waals surface area contributed by atoms with Gasteiger partial charge < -0.3 is 9.64 Å². The van der Waals surface area contributed by atoms with Gasteiger partial charge in [0.25, 0.3) is 5.91 Å². The smallest absolute Gasteiger partial charge is 0.414 e. The quantitative estimate of drug-likeness (QED) is 0.835. The Morgan fingerprint density at radius 2 is 1.92 bits per heavy atom. The third-order valence-corrected chi connectivity index (χ3v) is 5.81. The highest BCUT2D eigenvalue weighted by atomic mass is 16.6. The summed E-state index contributed by atoms with van der Waals surface area (Å²) in [5, 5.41) is 0. The minimum absolute atomic E-state index is 0.0897. The van der Waals surface area contributed by atoms with E-state index in [4.69, 9.17) is 4.74 Å². The number of nitrogens with zero attached hydrogens (tertiary/aromatic N) is 2. The first-order valence-corrected chi connectivity index (χ1v) is 9.01. The lowest BCUT2D eigenvalue weighted by atomic mass is 9.73. The van der Waals surface area contributed by atoms with Crippen molar-refractivity contribution in [2.75, 3.05) is 31.1 Å². The molecular formula is C19H24N2O3. The average molecular weight is 328 g/mol. The van der Waals surface area contributed by atoms with Crippen LogP contribution in [-0.4, -0.2) is 43.1 Å². The molecule has 128 valence electrons. The molecule has 1 spiro atoms. The van der Waals surface area contributed by atoms with Gasteiger partial charge in [0.15, 0.2) is 0 Å². The molecule has 0 radical (unpaired) electrons. The maximum absolute atomic E-state index is 12.9. The molecule has 3 aliphatic rings. The number of hydrogen-bond donors (Lipinski definition) is 0. The predicted molar refractivity (Wildman–Crippen MR) is 91.2 cm³/mol. The van der Waals surface area contributed by atoms with Crippen molar-refractivity contribution in [3.05, 3.63) is 29.8 Å². The Morgan fingerprint density at radius 3 is 2.67 bits per heavy atom. The number of hydrogen-bond acceptors (Lipinski definition) is 3. The molecule has 0 atom stereocenters. The summed E-state index contributed by atoms with van der Waals surface area (Å²) in [6, 6.07) is 7.37. The van der Waals surface area contributed by atoms with Crippen molar-refractivity contribution >= 4 is 17.7 Å². The molecule has 2 heterocycles. The van der Waals surface area contributed by atoms with E-state index in [2.05, 4.69) is 0 Å². The fourth-order valence-electron chi connectivity index (χ4n) is 4.44. The van der Waals surface area contributed by atoms with Crippen LogP contribution in [0.2, 0.25) is 0 Å². The van der Waals surface area contributed by atoms with E-state index in [9.17, 15) is 9.59 Å². The molecule has 0 N–H and O–H groups in total. The topological polar surface area (TPSA) is 49.9 Å². The van der Waals surface area contributed by atoms with Crippen LogP contribution in [0.3, 0.4) is 0 Å². The molecule has 5 nitrogen and oxygen atoms in total. The van der Waals surface area contributed by atoms with Crippen LogP contribution in [0.4, 0.5) is 10.5 Å². The van der Waals surface area contributed by atoms with Crippen LogP contribution in [0, 0.1) is 5.41 Å². The lowest BCUT2D eigenvalue weighted by Gasteiger charge is -2.33. The zero-order chi connectivity index (χ0) is 16.6. The largest absolute Gasteiger partial charge is 0.447 e. The first kappa shape index (κ1) is 15.5. The molecular weight excluding hydrogens is 304 g/mol. The van der Waals surface area contributed by atoms with Crippen molar-refractivity contribution in [1.82, 2.24) is 4.90 Å². The Morgan fingerprint density at radius 1 is 1.08 bits per heavy atom. The Balaban J connectivity index is 1.50. The SMILES string of the molecule is O=C(c1cccc(N2CCOC2=O)c1)N1CCC2(CCCCC2)C1. The molecule has 1 aromatic rings. The third kappa shape index (κ3) is 2.76. The molecule has 1 aromatic carbocycles. The first-order chi connectivity index (χ1) is 11.7.